The minimum atomic E-state index is 0.0935. The van der Waals surface area contributed by atoms with Crippen LogP contribution in [0.1, 0.15) is 40.0 Å². The Bertz CT molecular complexity index is 192. The van der Waals surface area contributed by atoms with Crippen molar-refractivity contribution in [3.05, 3.63) is 0 Å². The second-order valence-electron chi connectivity index (χ2n) is 4.60. The van der Waals surface area contributed by atoms with Crippen LogP contribution in [0.2, 0.25) is 0 Å². The molecule has 3 heteroatoms. The zero-order valence-electron chi connectivity index (χ0n) is 9.47. The van der Waals surface area contributed by atoms with E-state index in [1.54, 1.807) is 0 Å². The average Bonchev–Trinajstić information content (AvgIpc) is 2.14. The van der Waals surface area contributed by atoms with E-state index in [1.807, 2.05) is 13.8 Å². The molecule has 2 atom stereocenters. The van der Waals surface area contributed by atoms with Crippen molar-refractivity contribution in [2.75, 3.05) is 6.54 Å². The lowest BCUT2D eigenvalue weighted by molar-refractivity contribution is -0.124. The fourth-order valence-corrected chi connectivity index (χ4v) is 1.83. The third-order valence-electron chi connectivity index (χ3n) is 2.76. The molecule has 0 spiro atoms. The first-order valence-corrected chi connectivity index (χ1v) is 5.63. The van der Waals surface area contributed by atoms with Crippen molar-refractivity contribution in [1.82, 2.24) is 10.6 Å². The standard InChI is InChI=1S/C11H22N2O/c1-8(2)11(14)12-7-10-6-4-5-9(3)13-10/h8-10,13H,4-7H2,1-3H3,(H,12,14). The first-order valence-electron chi connectivity index (χ1n) is 5.63. The lowest BCUT2D eigenvalue weighted by Crippen LogP contribution is -2.47. The maximum absolute atomic E-state index is 11.3. The fourth-order valence-electron chi connectivity index (χ4n) is 1.83. The Kier molecular flexibility index (Phi) is 4.39. The van der Waals surface area contributed by atoms with Crippen molar-refractivity contribution in [1.29, 1.82) is 0 Å². The van der Waals surface area contributed by atoms with E-state index in [-0.39, 0.29) is 11.8 Å². The van der Waals surface area contributed by atoms with Gasteiger partial charge >= 0.3 is 0 Å². The van der Waals surface area contributed by atoms with E-state index in [0.717, 1.165) is 6.54 Å². The van der Waals surface area contributed by atoms with Crippen molar-refractivity contribution >= 4 is 5.91 Å². The molecule has 1 aliphatic rings. The number of nitrogens with one attached hydrogen (secondary N) is 2. The van der Waals surface area contributed by atoms with Gasteiger partial charge in [0.2, 0.25) is 5.91 Å². The Labute approximate surface area is 86.6 Å². The summed E-state index contributed by atoms with van der Waals surface area (Å²) in [6.07, 6.45) is 3.72. The third kappa shape index (κ3) is 3.66. The molecule has 82 valence electrons. The van der Waals surface area contributed by atoms with Crippen LogP contribution in [0.4, 0.5) is 0 Å². The van der Waals surface area contributed by atoms with E-state index < -0.39 is 0 Å². The van der Waals surface area contributed by atoms with Crippen LogP contribution in [-0.2, 0) is 4.79 Å². The van der Waals surface area contributed by atoms with Crippen molar-refractivity contribution in [2.24, 2.45) is 5.92 Å². The monoisotopic (exact) mass is 198 g/mol. The Hall–Kier alpha value is -0.570. The second-order valence-corrected chi connectivity index (χ2v) is 4.60. The molecule has 1 amide bonds. The first-order chi connectivity index (χ1) is 6.59. The summed E-state index contributed by atoms with van der Waals surface area (Å²) in [5.41, 5.74) is 0. The molecule has 0 aliphatic carbocycles. The molecule has 0 saturated carbocycles. The molecule has 1 rings (SSSR count). The molecule has 3 nitrogen and oxygen atoms in total. The van der Waals surface area contributed by atoms with Crippen molar-refractivity contribution in [3.63, 3.8) is 0 Å². The summed E-state index contributed by atoms with van der Waals surface area (Å²) in [6, 6.07) is 1.08. The van der Waals surface area contributed by atoms with E-state index >= 15 is 0 Å². The molecule has 0 aromatic rings. The summed E-state index contributed by atoms with van der Waals surface area (Å²) in [7, 11) is 0. The SMILES string of the molecule is CC1CCCC(CNC(=O)C(C)C)N1. The van der Waals surface area contributed by atoms with Crippen molar-refractivity contribution in [3.8, 4) is 0 Å². The van der Waals surface area contributed by atoms with Crippen LogP contribution >= 0.6 is 0 Å². The molecular formula is C11H22N2O. The largest absolute Gasteiger partial charge is 0.354 e. The van der Waals surface area contributed by atoms with Crippen LogP contribution in [0, 0.1) is 5.92 Å². The molecule has 0 radical (unpaired) electrons. The summed E-state index contributed by atoms with van der Waals surface area (Å²) in [6.45, 7) is 6.83. The van der Waals surface area contributed by atoms with Crippen LogP contribution < -0.4 is 10.6 Å². The average molecular weight is 198 g/mol. The normalized spacial score (nSPS) is 27.7. The van der Waals surface area contributed by atoms with Gasteiger partial charge in [0, 0.05) is 24.5 Å². The highest BCUT2D eigenvalue weighted by Crippen LogP contribution is 2.11. The predicted octanol–water partition coefficient (Wildman–Crippen LogP) is 1.29. The highest BCUT2D eigenvalue weighted by atomic mass is 16.1. The Morgan fingerprint density at radius 2 is 2.21 bits per heavy atom. The van der Waals surface area contributed by atoms with Gasteiger partial charge in [0.15, 0.2) is 0 Å². The summed E-state index contributed by atoms with van der Waals surface area (Å²) in [5.74, 6) is 0.251. The predicted molar refractivity (Wildman–Crippen MR) is 58.1 cm³/mol. The molecule has 1 aliphatic heterocycles. The number of carbonyl (C=O) groups is 1. The van der Waals surface area contributed by atoms with E-state index in [1.165, 1.54) is 19.3 Å². The van der Waals surface area contributed by atoms with Crippen LogP contribution in [0.5, 0.6) is 0 Å². The molecular weight excluding hydrogens is 176 g/mol. The lowest BCUT2D eigenvalue weighted by atomic mass is 9.99. The Balaban J connectivity index is 2.20. The zero-order valence-corrected chi connectivity index (χ0v) is 9.47. The fraction of sp³-hybridized carbons (Fsp3) is 0.909. The van der Waals surface area contributed by atoms with E-state index in [9.17, 15) is 4.79 Å². The quantitative estimate of drug-likeness (QED) is 0.717. The molecule has 1 heterocycles. The van der Waals surface area contributed by atoms with Gasteiger partial charge in [-0.15, -0.1) is 0 Å². The summed E-state index contributed by atoms with van der Waals surface area (Å²) in [4.78, 5) is 11.3. The molecule has 1 saturated heterocycles. The van der Waals surface area contributed by atoms with Gasteiger partial charge in [0.1, 0.15) is 0 Å². The topological polar surface area (TPSA) is 41.1 Å². The number of piperidine rings is 1. The Morgan fingerprint density at radius 1 is 1.50 bits per heavy atom. The molecule has 0 aromatic carbocycles. The second kappa shape index (κ2) is 5.35. The first kappa shape index (κ1) is 11.5. The minimum absolute atomic E-state index is 0.0935. The van der Waals surface area contributed by atoms with Crippen molar-refractivity contribution < 1.29 is 4.79 Å². The van der Waals surface area contributed by atoms with Gasteiger partial charge in [0.05, 0.1) is 0 Å². The number of carbonyl (C=O) groups excluding carboxylic acids is 1. The smallest absolute Gasteiger partial charge is 0.222 e. The van der Waals surface area contributed by atoms with Gasteiger partial charge in [0.25, 0.3) is 0 Å². The maximum Gasteiger partial charge on any atom is 0.222 e. The van der Waals surface area contributed by atoms with Gasteiger partial charge in [-0.2, -0.15) is 0 Å². The van der Waals surface area contributed by atoms with Crippen molar-refractivity contribution in [2.45, 2.75) is 52.1 Å². The van der Waals surface area contributed by atoms with Gasteiger partial charge in [-0.25, -0.2) is 0 Å². The zero-order chi connectivity index (χ0) is 10.6. The maximum atomic E-state index is 11.3. The number of rotatable bonds is 3. The van der Waals surface area contributed by atoms with Crippen LogP contribution in [-0.4, -0.2) is 24.5 Å². The number of hydrogen-bond donors (Lipinski definition) is 2. The molecule has 0 aromatic heterocycles. The van der Waals surface area contributed by atoms with E-state index in [0.29, 0.717) is 12.1 Å². The summed E-state index contributed by atoms with van der Waals surface area (Å²) in [5, 5.41) is 6.47. The molecule has 0 bridgehead atoms. The van der Waals surface area contributed by atoms with Crippen LogP contribution in [0.15, 0.2) is 0 Å². The highest BCUT2D eigenvalue weighted by molar-refractivity contribution is 5.77. The van der Waals surface area contributed by atoms with E-state index in [4.69, 9.17) is 0 Å². The van der Waals surface area contributed by atoms with Crippen LogP contribution in [0.3, 0.4) is 0 Å². The number of amides is 1. The number of hydrogen-bond acceptors (Lipinski definition) is 2. The minimum Gasteiger partial charge on any atom is -0.354 e. The van der Waals surface area contributed by atoms with Gasteiger partial charge < -0.3 is 10.6 Å². The molecule has 1 fully saturated rings. The van der Waals surface area contributed by atoms with Gasteiger partial charge in [-0.3, -0.25) is 4.79 Å². The van der Waals surface area contributed by atoms with Crippen LogP contribution in [0.25, 0.3) is 0 Å². The lowest BCUT2D eigenvalue weighted by Gasteiger charge is -2.29. The third-order valence-corrected chi connectivity index (χ3v) is 2.76. The molecule has 14 heavy (non-hydrogen) atoms. The van der Waals surface area contributed by atoms with Gasteiger partial charge in [-0.05, 0) is 19.8 Å². The van der Waals surface area contributed by atoms with E-state index in [2.05, 4.69) is 17.6 Å². The summed E-state index contributed by atoms with van der Waals surface area (Å²) >= 11 is 0. The Morgan fingerprint density at radius 3 is 2.79 bits per heavy atom. The molecule has 2 unspecified atom stereocenters. The van der Waals surface area contributed by atoms with Gasteiger partial charge in [-0.1, -0.05) is 20.3 Å². The highest BCUT2D eigenvalue weighted by Gasteiger charge is 2.18. The summed E-state index contributed by atoms with van der Waals surface area (Å²) < 4.78 is 0. The molecule has 2 N–H and O–H groups in total.